The van der Waals surface area contributed by atoms with E-state index in [0.29, 0.717) is 12.5 Å². The molecule has 2 aromatic rings. The fourth-order valence-electron chi connectivity index (χ4n) is 2.57. The highest BCUT2D eigenvalue weighted by Gasteiger charge is 2.13. The van der Waals surface area contributed by atoms with Crippen molar-refractivity contribution in [1.82, 2.24) is 9.55 Å². The summed E-state index contributed by atoms with van der Waals surface area (Å²) in [5.41, 5.74) is 3.41. The van der Waals surface area contributed by atoms with Crippen LogP contribution in [0, 0.1) is 6.92 Å². The Morgan fingerprint density at radius 1 is 1.35 bits per heavy atom. The van der Waals surface area contributed by atoms with Gasteiger partial charge in [-0.1, -0.05) is 6.07 Å². The van der Waals surface area contributed by atoms with E-state index >= 15 is 0 Å². The number of nitrogens with zero attached hydrogens (tertiary/aromatic N) is 2. The molecule has 1 aromatic heterocycles. The molecule has 0 saturated heterocycles. The SMILES string of the molecule is Cc1ccc2c(c1)nc(CCCCC(=O)O)n2C(C)C. The highest BCUT2D eigenvalue weighted by molar-refractivity contribution is 5.77. The average molecular weight is 274 g/mol. The number of unbranched alkanes of at least 4 members (excludes halogenated alkanes) is 1. The molecule has 2 rings (SSSR count). The van der Waals surface area contributed by atoms with Gasteiger partial charge in [-0.05, 0) is 51.3 Å². The molecule has 4 nitrogen and oxygen atoms in total. The molecule has 0 bridgehead atoms. The largest absolute Gasteiger partial charge is 0.481 e. The molecule has 4 heteroatoms. The van der Waals surface area contributed by atoms with Crippen molar-refractivity contribution in [2.75, 3.05) is 0 Å². The van der Waals surface area contributed by atoms with E-state index in [4.69, 9.17) is 10.1 Å². The Labute approximate surface area is 119 Å². The number of aryl methyl sites for hydroxylation is 2. The third-order valence-electron chi connectivity index (χ3n) is 3.48. The number of benzene rings is 1. The second-order valence-corrected chi connectivity index (χ2v) is 5.58. The van der Waals surface area contributed by atoms with Crippen LogP contribution in [0.2, 0.25) is 0 Å². The molecule has 1 aromatic carbocycles. The number of hydrogen-bond donors (Lipinski definition) is 1. The lowest BCUT2D eigenvalue weighted by molar-refractivity contribution is -0.137. The lowest BCUT2D eigenvalue weighted by Gasteiger charge is -2.13. The van der Waals surface area contributed by atoms with Gasteiger partial charge >= 0.3 is 5.97 Å². The van der Waals surface area contributed by atoms with Gasteiger partial charge in [0.05, 0.1) is 11.0 Å². The van der Waals surface area contributed by atoms with Gasteiger partial charge in [0.25, 0.3) is 0 Å². The van der Waals surface area contributed by atoms with Gasteiger partial charge in [0.2, 0.25) is 0 Å². The third kappa shape index (κ3) is 3.18. The Morgan fingerprint density at radius 2 is 2.10 bits per heavy atom. The smallest absolute Gasteiger partial charge is 0.303 e. The third-order valence-corrected chi connectivity index (χ3v) is 3.48. The van der Waals surface area contributed by atoms with Crippen molar-refractivity contribution in [3.05, 3.63) is 29.6 Å². The molecule has 108 valence electrons. The van der Waals surface area contributed by atoms with E-state index in [-0.39, 0.29) is 6.42 Å². The number of carboxylic acids is 1. The minimum atomic E-state index is -0.724. The van der Waals surface area contributed by atoms with E-state index in [1.807, 2.05) is 0 Å². The number of fused-ring (bicyclic) bond motifs is 1. The van der Waals surface area contributed by atoms with E-state index in [1.165, 1.54) is 11.1 Å². The summed E-state index contributed by atoms with van der Waals surface area (Å²) in [5, 5.41) is 8.68. The van der Waals surface area contributed by atoms with Crippen molar-refractivity contribution in [2.45, 2.75) is 52.5 Å². The molecule has 0 atom stereocenters. The van der Waals surface area contributed by atoms with Crippen LogP contribution in [0.15, 0.2) is 18.2 Å². The van der Waals surface area contributed by atoms with Gasteiger partial charge in [0.1, 0.15) is 5.82 Å². The standard InChI is InChI=1S/C16H22N2O2/c1-11(2)18-14-9-8-12(3)10-13(14)17-15(18)6-4-5-7-16(19)20/h8-11H,4-7H2,1-3H3,(H,19,20). The van der Waals surface area contributed by atoms with Crippen LogP contribution in [-0.4, -0.2) is 20.6 Å². The number of aliphatic carboxylic acids is 1. The van der Waals surface area contributed by atoms with E-state index in [9.17, 15) is 4.79 Å². The number of rotatable bonds is 6. The Morgan fingerprint density at radius 3 is 2.75 bits per heavy atom. The molecule has 0 radical (unpaired) electrons. The molecule has 0 aliphatic carbocycles. The van der Waals surface area contributed by atoms with Crippen LogP contribution in [0.3, 0.4) is 0 Å². The van der Waals surface area contributed by atoms with Gasteiger partial charge in [0, 0.05) is 18.9 Å². The van der Waals surface area contributed by atoms with Crippen molar-refractivity contribution in [3.63, 3.8) is 0 Å². The second-order valence-electron chi connectivity index (χ2n) is 5.58. The first-order valence-corrected chi connectivity index (χ1v) is 7.18. The van der Waals surface area contributed by atoms with Gasteiger partial charge in [0.15, 0.2) is 0 Å². The first kappa shape index (κ1) is 14.6. The van der Waals surface area contributed by atoms with Gasteiger partial charge in [-0.2, -0.15) is 0 Å². The number of hydrogen-bond acceptors (Lipinski definition) is 2. The zero-order chi connectivity index (χ0) is 14.7. The molecule has 0 spiro atoms. The van der Waals surface area contributed by atoms with Crippen LogP contribution in [-0.2, 0) is 11.2 Å². The van der Waals surface area contributed by atoms with Crippen LogP contribution in [0.25, 0.3) is 11.0 Å². The van der Waals surface area contributed by atoms with Crippen molar-refractivity contribution in [2.24, 2.45) is 0 Å². The fourth-order valence-corrected chi connectivity index (χ4v) is 2.57. The highest BCUT2D eigenvalue weighted by Crippen LogP contribution is 2.23. The maximum Gasteiger partial charge on any atom is 0.303 e. The Bertz CT molecular complexity index is 614. The summed E-state index contributed by atoms with van der Waals surface area (Å²) in [6.45, 7) is 6.38. The first-order valence-electron chi connectivity index (χ1n) is 7.18. The number of aromatic nitrogens is 2. The molecule has 0 unspecified atom stereocenters. The van der Waals surface area contributed by atoms with Gasteiger partial charge < -0.3 is 9.67 Å². The summed E-state index contributed by atoms with van der Waals surface area (Å²) < 4.78 is 2.26. The maximum atomic E-state index is 10.5. The van der Waals surface area contributed by atoms with E-state index in [2.05, 4.69) is 43.5 Å². The van der Waals surface area contributed by atoms with Crippen molar-refractivity contribution >= 4 is 17.0 Å². The van der Waals surface area contributed by atoms with Crippen LogP contribution in [0.4, 0.5) is 0 Å². The normalized spacial score (nSPS) is 11.4. The quantitative estimate of drug-likeness (QED) is 0.817. The molecule has 0 aliphatic heterocycles. The van der Waals surface area contributed by atoms with E-state index in [0.717, 1.165) is 24.2 Å². The zero-order valence-electron chi connectivity index (χ0n) is 12.4. The molecule has 1 heterocycles. The van der Waals surface area contributed by atoms with Crippen LogP contribution < -0.4 is 0 Å². The lowest BCUT2D eigenvalue weighted by Crippen LogP contribution is -2.06. The number of carbonyl (C=O) groups is 1. The summed E-state index contributed by atoms with van der Waals surface area (Å²) in [5.74, 6) is 0.337. The van der Waals surface area contributed by atoms with Crippen LogP contribution in [0.1, 0.15) is 50.5 Å². The van der Waals surface area contributed by atoms with E-state index < -0.39 is 5.97 Å². The minimum absolute atomic E-state index is 0.237. The molecular formula is C16H22N2O2. The lowest BCUT2D eigenvalue weighted by atomic mass is 10.2. The Kier molecular flexibility index (Phi) is 4.42. The summed E-state index contributed by atoms with van der Waals surface area (Å²) in [6.07, 6.45) is 2.64. The van der Waals surface area contributed by atoms with Crippen molar-refractivity contribution in [3.8, 4) is 0 Å². The number of imidazole rings is 1. The monoisotopic (exact) mass is 274 g/mol. The molecule has 20 heavy (non-hydrogen) atoms. The van der Waals surface area contributed by atoms with Crippen molar-refractivity contribution in [1.29, 1.82) is 0 Å². The Balaban J connectivity index is 2.23. The zero-order valence-corrected chi connectivity index (χ0v) is 12.4. The molecule has 0 aliphatic rings. The van der Waals surface area contributed by atoms with Crippen LogP contribution in [0.5, 0.6) is 0 Å². The highest BCUT2D eigenvalue weighted by atomic mass is 16.4. The molecular weight excluding hydrogens is 252 g/mol. The maximum absolute atomic E-state index is 10.5. The average Bonchev–Trinajstić information content (AvgIpc) is 2.71. The molecule has 0 saturated carbocycles. The predicted molar refractivity (Wildman–Crippen MR) is 80.0 cm³/mol. The van der Waals surface area contributed by atoms with Gasteiger partial charge in [-0.15, -0.1) is 0 Å². The predicted octanol–water partition coefficient (Wildman–Crippen LogP) is 3.72. The minimum Gasteiger partial charge on any atom is -0.481 e. The summed E-state index contributed by atoms with van der Waals surface area (Å²) >= 11 is 0. The van der Waals surface area contributed by atoms with Crippen molar-refractivity contribution < 1.29 is 9.90 Å². The Hall–Kier alpha value is -1.84. The van der Waals surface area contributed by atoms with Crippen LogP contribution >= 0.6 is 0 Å². The second kappa shape index (κ2) is 6.07. The molecule has 0 amide bonds. The first-order chi connectivity index (χ1) is 9.49. The number of carboxylic acid groups (broad SMARTS) is 1. The van der Waals surface area contributed by atoms with E-state index in [1.54, 1.807) is 0 Å². The van der Waals surface area contributed by atoms with Gasteiger partial charge in [-0.25, -0.2) is 4.98 Å². The fraction of sp³-hybridized carbons (Fsp3) is 0.500. The summed E-state index contributed by atoms with van der Waals surface area (Å²) in [7, 11) is 0. The van der Waals surface area contributed by atoms with Gasteiger partial charge in [-0.3, -0.25) is 4.79 Å². The summed E-state index contributed by atoms with van der Waals surface area (Å²) in [4.78, 5) is 15.3. The summed E-state index contributed by atoms with van der Waals surface area (Å²) in [6, 6.07) is 6.70. The molecule has 0 fully saturated rings. The molecule has 1 N–H and O–H groups in total. The topological polar surface area (TPSA) is 55.1 Å².